The van der Waals surface area contributed by atoms with Crippen LogP contribution in [0, 0.1) is 43.8 Å². The van der Waals surface area contributed by atoms with E-state index in [1.807, 2.05) is 96.9 Å². The number of carbonyl (C=O) groups excluding carboxylic acids is 9. The molecule has 0 bridgehead atoms. The van der Waals surface area contributed by atoms with Crippen molar-refractivity contribution in [2.24, 2.45) is 43.8 Å². The third-order valence-electron chi connectivity index (χ3n) is 18.7. The molecule has 0 spiro atoms. The van der Waals surface area contributed by atoms with E-state index in [-0.39, 0.29) is 54.9 Å². The lowest BCUT2D eigenvalue weighted by Gasteiger charge is -2.22. The topological polar surface area (TPSA) is 313 Å². The van der Waals surface area contributed by atoms with Crippen molar-refractivity contribution in [3.05, 3.63) is 0 Å². The number of hydrogen-bond acceptors (Lipinski definition) is 19. The lowest BCUT2D eigenvalue weighted by Crippen LogP contribution is -2.29. The fourth-order valence-corrected chi connectivity index (χ4v) is 11.0. The van der Waals surface area contributed by atoms with Gasteiger partial charge in [-0.15, -0.1) is 0 Å². The number of aliphatic hydroxyl groups is 1. The minimum absolute atomic E-state index is 0.124. The number of aliphatic hydroxyl groups excluding tert-OH is 1. The van der Waals surface area contributed by atoms with Crippen LogP contribution in [0.2, 0.25) is 0 Å². The molecule has 604 valence electrons. The monoisotopic (exact) mass is 1470 g/mol. The van der Waals surface area contributed by atoms with Gasteiger partial charge in [0.15, 0.2) is 5.92 Å². The molecule has 3 N–H and O–H groups in total. The van der Waals surface area contributed by atoms with Gasteiger partial charge in [0.1, 0.15) is 11.6 Å². The smallest absolute Gasteiger partial charge is 0.320 e. The van der Waals surface area contributed by atoms with Crippen LogP contribution in [0.1, 0.15) is 364 Å². The van der Waals surface area contributed by atoms with Gasteiger partial charge in [-0.2, -0.15) is 0 Å². The van der Waals surface area contributed by atoms with Gasteiger partial charge >= 0.3 is 53.7 Å². The number of Topliss-reactive ketones (excluding diaryl/α,β-unsaturated/α-hetero) is 2. The number of carboxylic acids is 2. The largest absolute Gasteiger partial charge is 0.481 e. The highest BCUT2D eigenvalue weighted by molar-refractivity contribution is 5.95. The molecule has 0 unspecified atom stereocenters. The first-order valence-electron chi connectivity index (χ1n) is 39.3. The van der Waals surface area contributed by atoms with E-state index >= 15 is 0 Å². The van der Waals surface area contributed by atoms with Crippen LogP contribution in [0.25, 0.3) is 0 Å². The van der Waals surface area contributed by atoms with Crippen LogP contribution in [0.5, 0.6) is 0 Å². The summed E-state index contributed by atoms with van der Waals surface area (Å²) in [6.45, 7) is 40.9. The molecular formula is C82H150O21. The summed E-state index contributed by atoms with van der Waals surface area (Å²) in [5.74, 6) is -3.72. The molecule has 21 heteroatoms. The zero-order chi connectivity index (χ0) is 79.9. The van der Waals surface area contributed by atoms with Gasteiger partial charge in [-0.1, -0.05) is 103 Å². The fraction of sp³-hybridized carbons (Fsp3) is 0.866. The number of ketones is 2. The van der Waals surface area contributed by atoms with Crippen molar-refractivity contribution in [1.82, 2.24) is 0 Å². The van der Waals surface area contributed by atoms with Crippen molar-refractivity contribution in [1.29, 1.82) is 0 Å². The molecule has 0 fully saturated rings. The first-order valence-corrected chi connectivity index (χ1v) is 39.3. The molecule has 0 amide bonds. The Morgan fingerprint density at radius 3 is 0.641 bits per heavy atom. The van der Waals surface area contributed by atoms with Crippen LogP contribution in [-0.4, -0.2) is 133 Å². The summed E-state index contributed by atoms with van der Waals surface area (Å²) in [5.41, 5.74) is -3.69. The number of carboxylic acid groups (broad SMARTS) is 2. The van der Waals surface area contributed by atoms with Crippen LogP contribution in [0.4, 0.5) is 0 Å². The maximum absolute atomic E-state index is 12.0. The molecule has 0 aliphatic carbocycles. The Hall–Kier alpha value is -5.47. The third-order valence-corrected chi connectivity index (χ3v) is 18.7. The summed E-state index contributed by atoms with van der Waals surface area (Å²) < 4.78 is 35.3. The Labute approximate surface area is 623 Å². The second kappa shape index (κ2) is 57.7. The zero-order valence-electron chi connectivity index (χ0n) is 68.8. The van der Waals surface area contributed by atoms with E-state index in [9.17, 15) is 57.8 Å². The van der Waals surface area contributed by atoms with Crippen LogP contribution in [0.15, 0.2) is 0 Å². The predicted molar refractivity (Wildman–Crippen MR) is 405 cm³/mol. The average Bonchev–Trinajstić information content (AvgIpc) is 0.920. The van der Waals surface area contributed by atoms with Crippen molar-refractivity contribution in [2.75, 3.05) is 46.2 Å². The number of aliphatic carboxylic acids is 2. The van der Waals surface area contributed by atoms with E-state index in [0.717, 1.165) is 154 Å². The molecule has 0 aliphatic rings. The lowest BCUT2D eigenvalue weighted by molar-refractivity contribution is -0.162. The summed E-state index contributed by atoms with van der Waals surface area (Å²) in [5, 5.41) is 28.2. The molecular weight excluding hydrogens is 1320 g/mol. The van der Waals surface area contributed by atoms with Crippen molar-refractivity contribution >= 4 is 65.3 Å². The highest BCUT2D eigenvalue weighted by Gasteiger charge is 2.34. The maximum atomic E-state index is 12.0. The Bertz CT molecular complexity index is 2240. The Morgan fingerprint density at radius 1 is 0.252 bits per heavy atom. The Kier molecular flexibility index (Phi) is 58.2. The number of hydrogen-bond donors (Lipinski definition) is 3. The van der Waals surface area contributed by atoms with Crippen molar-refractivity contribution in [3.8, 4) is 0 Å². The molecule has 0 atom stereocenters. The van der Waals surface area contributed by atoms with E-state index in [1.54, 1.807) is 48.5 Å². The second-order valence-corrected chi connectivity index (χ2v) is 31.9. The van der Waals surface area contributed by atoms with Gasteiger partial charge in [0.25, 0.3) is 0 Å². The van der Waals surface area contributed by atoms with E-state index < -0.39 is 67.7 Å². The SMILES string of the molecule is CC(C)(CCCCCC(=O)CCCCCC(C)(C)C(=O)O)C(=O)O.CCOC(=O)C(C)(C)CCCCCC(=O)CCCCCC(C)(C)C(=O)OCC.CCOC(=O)C(C)(C)CCCCCC(O)CCCCCC(C)(C)C(=O)OCC.CCOC(=O)C(CCCCC(C)(C)C(=O)OCC)C(=O)OCC. The quantitative estimate of drug-likeness (QED) is 0.0220. The van der Waals surface area contributed by atoms with Crippen LogP contribution in [0.3, 0.4) is 0 Å². The van der Waals surface area contributed by atoms with Gasteiger partial charge in [-0.3, -0.25) is 52.7 Å². The summed E-state index contributed by atoms with van der Waals surface area (Å²) in [6, 6.07) is 0. The van der Waals surface area contributed by atoms with Gasteiger partial charge in [0, 0.05) is 25.7 Å². The van der Waals surface area contributed by atoms with Crippen LogP contribution < -0.4 is 0 Å². The molecule has 103 heavy (non-hydrogen) atoms. The van der Waals surface area contributed by atoms with Gasteiger partial charge in [0.2, 0.25) is 0 Å². The number of esters is 7. The summed E-state index contributed by atoms with van der Waals surface area (Å²) in [6.07, 6.45) is 27.1. The molecule has 0 heterocycles. The molecule has 0 saturated carbocycles. The maximum Gasteiger partial charge on any atom is 0.320 e. The number of rotatable bonds is 57. The Balaban J connectivity index is -0.000000637. The van der Waals surface area contributed by atoms with Crippen molar-refractivity contribution < 1.29 is 101 Å². The molecule has 0 rings (SSSR count). The number of ether oxygens (including phenoxy) is 7. The van der Waals surface area contributed by atoms with Crippen LogP contribution >= 0.6 is 0 Å². The average molecular weight is 1470 g/mol. The van der Waals surface area contributed by atoms with Gasteiger partial charge < -0.3 is 48.5 Å². The molecule has 0 aromatic carbocycles. The van der Waals surface area contributed by atoms with E-state index in [1.165, 1.54) is 0 Å². The van der Waals surface area contributed by atoms with Gasteiger partial charge in [0.05, 0.1) is 90.3 Å². The van der Waals surface area contributed by atoms with E-state index in [2.05, 4.69) is 0 Å². The summed E-state index contributed by atoms with van der Waals surface area (Å²) in [7, 11) is 0. The van der Waals surface area contributed by atoms with E-state index in [0.29, 0.717) is 103 Å². The molecule has 0 aromatic heterocycles. The predicted octanol–water partition coefficient (Wildman–Crippen LogP) is 18.6. The van der Waals surface area contributed by atoms with E-state index in [4.69, 9.17) is 43.4 Å². The molecule has 0 aliphatic heterocycles. The lowest BCUT2D eigenvalue weighted by atomic mass is 9.86. The fourth-order valence-electron chi connectivity index (χ4n) is 11.0. The highest BCUT2D eigenvalue weighted by Crippen LogP contribution is 2.32. The molecule has 0 radical (unpaired) electrons. The van der Waals surface area contributed by atoms with Crippen molar-refractivity contribution in [2.45, 2.75) is 370 Å². The first kappa shape index (κ1) is 104. The Morgan fingerprint density at radius 2 is 0.437 bits per heavy atom. The summed E-state index contributed by atoms with van der Waals surface area (Å²) >= 11 is 0. The third kappa shape index (κ3) is 53.0. The number of unbranched alkanes of at least 4 members (excludes halogenated alkanes) is 13. The van der Waals surface area contributed by atoms with Crippen LogP contribution in [-0.2, 0) is 85.9 Å². The molecule has 21 nitrogen and oxygen atoms in total. The zero-order valence-corrected chi connectivity index (χ0v) is 68.8. The number of carbonyl (C=O) groups is 11. The summed E-state index contributed by atoms with van der Waals surface area (Å²) in [4.78, 5) is 129. The highest BCUT2D eigenvalue weighted by atomic mass is 16.6. The minimum Gasteiger partial charge on any atom is -0.481 e. The first-order chi connectivity index (χ1) is 47.9. The van der Waals surface area contributed by atoms with Gasteiger partial charge in [-0.25, -0.2) is 0 Å². The minimum atomic E-state index is -0.888. The normalized spacial score (nSPS) is 11.9. The molecule has 0 saturated heterocycles. The standard InChI is InChI=1S/C23H44O5.C23H42O5.C19H34O5.C17H30O6/c2*1-7-27-20(25)22(3,4)17-13-9-11-15-19(24)16-12-10-14-18-23(5,6)21(26)28-8-2;1-18(2,16(21)22)13-9-5-7-11-15(20)12-8-6-10-14-19(3,4)17(23)24;1-6-21-14(18)13(15(19)22-7-2)11-9-10-12-17(4,5)16(20)23-8-3/h19,24H,7-18H2,1-6H3;7-18H2,1-6H3;5-14H2,1-4H3,(H,21,22)(H,23,24);13H,6-12H2,1-5H3. The van der Waals surface area contributed by atoms with Gasteiger partial charge in [-0.05, 0) is 235 Å². The second-order valence-electron chi connectivity index (χ2n) is 31.9. The molecule has 0 aromatic rings. The van der Waals surface area contributed by atoms with Crippen molar-refractivity contribution in [3.63, 3.8) is 0 Å².